The molecular weight excluding hydrogens is 226 g/mol. The van der Waals surface area contributed by atoms with Crippen molar-refractivity contribution in [3.8, 4) is 6.07 Å². The number of rotatable bonds is 3. The van der Waals surface area contributed by atoms with E-state index in [2.05, 4.69) is 38.4 Å². The molecule has 0 heterocycles. The summed E-state index contributed by atoms with van der Waals surface area (Å²) in [5, 5.41) is 9.55. The van der Waals surface area contributed by atoms with Gasteiger partial charge in [-0.3, -0.25) is 0 Å². The van der Waals surface area contributed by atoms with Gasteiger partial charge in [0.15, 0.2) is 13.9 Å². The predicted octanol–water partition coefficient (Wildman–Crippen LogP) is 4.03. The predicted molar refractivity (Wildman–Crippen MR) is 74.1 cm³/mol. The van der Waals surface area contributed by atoms with Crippen LogP contribution in [0.25, 0.3) is 0 Å². The van der Waals surface area contributed by atoms with E-state index >= 15 is 0 Å². The van der Waals surface area contributed by atoms with Gasteiger partial charge >= 0.3 is 0 Å². The van der Waals surface area contributed by atoms with Gasteiger partial charge in [0, 0.05) is 0 Å². The van der Waals surface area contributed by atoms with E-state index < -0.39 is 13.9 Å². The first-order chi connectivity index (χ1) is 7.70. The topological polar surface area (TPSA) is 33.0 Å². The van der Waals surface area contributed by atoms with Crippen LogP contribution in [0.3, 0.4) is 0 Å². The lowest BCUT2D eigenvalue weighted by Gasteiger charge is -2.39. The summed E-state index contributed by atoms with van der Waals surface area (Å²) < 4.78 is 6.18. The SMILES string of the molecule is C=C(C)[C@@H]1CC=C(C)[C@](C#N)(O[Si](C)(C)C)C1. The van der Waals surface area contributed by atoms with Crippen LogP contribution in [0, 0.1) is 17.2 Å². The van der Waals surface area contributed by atoms with Gasteiger partial charge in [-0.2, -0.15) is 5.26 Å². The van der Waals surface area contributed by atoms with E-state index in [1.165, 1.54) is 0 Å². The van der Waals surface area contributed by atoms with Crippen molar-refractivity contribution in [2.24, 2.45) is 5.92 Å². The molecule has 2 atom stereocenters. The maximum absolute atomic E-state index is 9.55. The monoisotopic (exact) mass is 249 g/mol. The van der Waals surface area contributed by atoms with E-state index in [1.807, 2.05) is 13.8 Å². The van der Waals surface area contributed by atoms with Crippen molar-refractivity contribution in [3.63, 3.8) is 0 Å². The summed E-state index contributed by atoms with van der Waals surface area (Å²) in [6, 6.07) is 2.41. The highest BCUT2D eigenvalue weighted by Crippen LogP contribution is 2.39. The van der Waals surface area contributed by atoms with Crippen LogP contribution in [-0.2, 0) is 4.43 Å². The van der Waals surface area contributed by atoms with Gasteiger partial charge in [-0.1, -0.05) is 18.2 Å². The van der Waals surface area contributed by atoms with E-state index in [-0.39, 0.29) is 0 Å². The third-order valence-corrected chi connectivity index (χ3v) is 4.20. The molecule has 0 radical (unpaired) electrons. The van der Waals surface area contributed by atoms with Crippen molar-refractivity contribution in [2.75, 3.05) is 0 Å². The zero-order valence-electron chi connectivity index (χ0n) is 11.6. The average molecular weight is 249 g/mol. The summed E-state index contributed by atoms with van der Waals surface area (Å²) in [4.78, 5) is 0. The van der Waals surface area contributed by atoms with Crippen molar-refractivity contribution in [1.29, 1.82) is 5.26 Å². The Morgan fingerprint density at radius 1 is 1.59 bits per heavy atom. The van der Waals surface area contributed by atoms with Gasteiger partial charge in [-0.25, -0.2) is 0 Å². The van der Waals surface area contributed by atoms with Gasteiger partial charge in [-0.05, 0) is 57.8 Å². The summed E-state index contributed by atoms with van der Waals surface area (Å²) >= 11 is 0. The molecule has 0 fully saturated rings. The minimum Gasteiger partial charge on any atom is -0.397 e. The zero-order valence-corrected chi connectivity index (χ0v) is 12.6. The molecule has 0 saturated carbocycles. The summed E-state index contributed by atoms with van der Waals surface area (Å²) in [6.45, 7) is 14.5. The van der Waals surface area contributed by atoms with Gasteiger partial charge < -0.3 is 4.43 Å². The number of allylic oxidation sites excluding steroid dienone is 2. The molecule has 0 aromatic carbocycles. The number of nitrogens with zero attached hydrogens (tertiary/aromatic N) is 1. The molecule has 1 aliphatic rings. The van der Waals surface area contributed by atoms with Crippen molar-refractivity contribution < 1.29 is 4.43 Å². The highest BCUT2D eigenvalue weighted by molar-refractivity contribution is 6.69. The van der Waals surface area contributed by atoms with Gasteiger partial charge in [0.2, 0.25) is 0 Å². The Bertz CT molecular complexity index is 386. The molecule has 1 rings (SSSR count). The van der Waals surface area contributed by atoms with Crippen LogP contribution in [0.1, 0.15) is 26.7 Å². The van der Waals surface area contributed by atoms with E-state index in [4.69, 9.17) is 4.43 Å². The summed E-state index contributed by atoms with van der Waals surface area (Å²) in [5.74, 6) is 0.370. The minimum absolute atomic E-state index is 0.370. The van der Waals surface area contributed by atoms with Crippen LogP contribution in [-0.4, -0.2) is 13.9 Å². The molecule has 1 aliphatic carbocycles. The van der Waals surface area contributed by atoms with Crippen molar-refractivity contribution >= 4 is 8.32 Å². The second-order valence-corrected chi connectivity index (χ2v) is 10.5. The van der Waals surface area contributed by atoms with E-state index in [0.717, 1.165) is 24.0 Å². The van der Waals surface area contributed by atoms with Crippen LogP contribution in [0.2, 0.25) is 19.6 Å². The lowest BCUT2D eigenvalue weighted by Crippen LogP contribution is -2.45. The van der Waals surface area contributed by atoms with Crippen LogP contribution >= 0.6 is 0 Å². The van der Waals surface area contributed by atoms with Crippen LogP contribution in [0.15, 0.2) is 23.8 Å². The Morgan fingerprint density at radius 3 is 2.59 bits per heavy atom. The van der Waals surface area contributed by atoms with E-state index in [9.17, 15) is 5.26 Å². The fourth-order valence-electron chi connectivity index (χ4n) is 2.25. The smallest absolute Gasteiger partial charge is 0.186 e. The molecule has 0 unspecified atom stereocenters. The third kappa shape index (κ3) is 3.30. The first-order valence-electron chi connectivity index (χ1n) is 6.14. The van der Waals surface area contributed by atoms with Gasteiger partial charge in [0.1, 0.15) is 6.07 Å². The fourth-order valence-corrected chi connectivity index (χ4v) is 3.59. The van der Waals surface area contributed by atoms with Crippen LogP contribution < -0.4 is 0 Å². The normalized spacial score (nSPS) is 29.4. The van der Waals surface area contributed by atoms with Gasteiger partial charge in [-0.15, -0.1) is 0 Å². The Hall–Kier alpha value is -0.853. The van der Waals surface area contributed by atoms with E-state index in [1.54, 1.807) is 0 Å². The van der Waals surface area contributed by atoms with Crippen molar-refractivity contribution in [3.05, 3.63) is 23.8 Å². The first kappa shape index (κ1) is 14.2. The second kappa shape index (κ2) is 4.79. The third-order valence-electron chi connectivity index (χ3n) is 3.24. The lowest BCUT2D eigenvalue weighted by molar-refractivity contribution is 0.124. The summed E-state index contributed by atoms with van der Waals surface area (Å²) in [7, 11) is -1.74. The van der Waals surface area contributed by atoms with Crippen molar-refractivity contribution in [1.82, 2.24) is 0 Å². The summed E-state index contributed by atoms with van der Waals surface area (Å²) in [6.07, 6.45) is 3.89. The maximum atomic E-state index is 9.55. The Morgan fingerprint density at radius 2 is 2.18 bits per heavy atom. The highest BCUT2D eigenvalue weighted by Gasteiger charge is 2.42. The summed E-state index contributed by atoms with van der Waals surface area (Å²) in [5.41, 5.74) is 1.50. The molecule has 0 spiro atoms. The fraction of sp³-hybridized carbons (Fsp3) is 0.643. The maximum Gasteiger partial charge on any atom is 0.186 e. The molecule has 0 aromatic rings. The second-order valence-electron chi connectivity index (χ2n) is 6.02. The molecule has 17 heavy (non-hydrogen) atoms. The molecule has 0 bridgehead atoms. The van der Waals surface area contributed by atoms with Crippen molar-refractivity contribution in [2.45, 2.75) is 51.9 Å². The van der Waals surface area contributed by atoms with Crippen LogP contribution in [0.5, 0.6) is 0 Å². The minimum atomic E-state index is -1.74. The zero-order chi connectivity index (χ0) is 13.3. The molecule has 94 valence electrons. The molecular formula is C14H23NOSi. The molecule has 0 aliphatic heterocycles. The number of nitriles is 1. The number of hydrogen-bond acceptors (Lipinski definition) is 2. The lowest BCUT2D eigenvalue weighted by atomic mass is 9.76. The molecule has 2 nitrogen and oxygen atoms in total. The Balaban J connectivity index is 3.05. The van der Waals surface area contributed by atoms with Gasteiger partial charge in [0.05, 0.1) is 0 Å². The molecule has 0 aromatic heterocycles. The molecule has 0 N–H and O–H groups in total. The number of hydrogen-bond donors (Lipinski definition) is 0. The quantitative estimate of drug-likeness (QED) is 0.559. The molecule has 3 heteroatoms. The van der Waals surface area contributed by atoms with Gasteiger partial charge in [0.25, 0.3) is 0 Å². The Kier molecular flexibility index (Phi) is 4.01. The molecule has 0 saturated heterocycles. The van der Waals surface area contributed by atoms with E-state index in [0.29, 0.717) is 5.92 Å². The standard InChI is InChI=1S/C14H23NOSi/c1-11(2)13-8-7-12(3)14(9-13,10-15)16-17(4,5)6/h7,13H,1,8-9H2,2-6H3/t13-,14+/m1/s1. The largest absolute Gasteiger partial charge is 0.397 e. The molecule has 0 amide bonds. The Labute approximate surface area is 106 Å². The highest BCUT2D eigenvalue weighted by atomic mass is 28.4. The average Bonchev–Trinajstić information content (AvgIpc) is 2.19. The first-order valence-corrected chi connectivity index (χ1v) is 9.55. The van der Waals surface area contributed by atoms with Crippen LogP contribution in [0.4, 0.5) is 0 Å².